The molecule has 0 aliphatic carbocycles. The van der Waals surface area contributed by atoms with Crippen LogP contribution in [0.4, 0.5) is 0 Å². The molecule has 0 bridgehead atoms. The summed E-state index contributed by atoms with van der Waals surface area (Å²) in [5.74, 6) is 0. The van der Waals surface area contributed by atoms with Gasteiger partial charge in [0.15, 0.2) is 5.56 Å². The Balaban J connectivity index is 0.000000720. The molecule has 0 spiro atoms. The molecule has 0 aliphatic rings. The van der Waals surface area contributed by atoms with Gasteiger partial charge in [0.25, 0.3) is 0 Å². The van der Waals surface area contributed by atoms with Crippen LogP contribution in [0.15, 0.2) is 11.1 Å². The van der Waals surface area contributed by atoms with Gasteiger partial charge in [-0.2, -0.15) is 0 Å². The van der Waals surface area contributed by atoms with E-state index in [4.69, 9.17) is 0 Å². The van der Waals surface area contributed by atoms with Gasteiger partial charge in [0, 0.05) is 34.4 Å². The second-order valence-corrected chi connectivity index (χ2v) is 2.21. The fourth-order valence-electron chi connectivity index (χ4n) is 0.907. The molecule has 0 radical (unpaired) electrons. The maximum atomic E-state index is 11.0. The number of H-pyrrole nitrogens is 1. The van der Waals surface area contributed by atoms with Gasteiger partial charge in [0.05, 0.1) is 17.5 Å². The number of hydrogen-bond donors (Lipinski definition) is 1. The minimum atomic E-state index is -0.254. The number of fused-ring (bicyclic) bond motifs is 1. The molecule has 0 aromatic carbocycles. The van der Waals surface area contributed by atoms with Gasteiger partial charge in [-0.3, -0.25) is 4.98 Å². The molecule has 0 saturated carbocycles. The van der Waals surface area contributed by atoms with E-state index in [0.717, 1.165) is 0 Å². The number of aryl methyl sites for hydroxylation is 1. The first kappa shape index (κ1) is 9.13. The molecule has 6 heteroatoms. The van der Waals surface area contributed by atoms with E-state index >= 15 is 0 Å². The van der Waals surface area contributed by atoms with Gasteiger partial charge in [-0.25, -0.2) is 0 Å². The van der Waals surface area contributed by atoms with E-state index < -0.39 is 0 Å². The first-order valence-corrected chi connectivity index (χ1v) is 3.06. The Labute approximate surface area is 82.1 Å². The van der Waals surface area contributed by atoms with E-state index in [1.54, 1.807) is 17.9 Å². The predicted molar refractivity (Wildman–Crippen MR) is 38.0 cm³/mol. The van der Waals surface area contributed by atoms with E-state index in [9.17, 15) is 4.79 Å². The van der Waals surface area contributed by atoms with Crippen molar-refractivity contribution in [1.82, 2.24) is 19.5 Å². The molecule has 5 nitrogen and oxygen atoms in total. The van der Waals surface area contributed by atoms with Crippen LogP contribution in [-0.2, 0) is 28.1 Å². The van der Waals surface area contributed by atoms with Crippen LogP contribution in [0.2, 0.25) is 0 Å². The first-order chi connectivity index (χ1) is 5.29. The van der Waals surface area contributed by atoms with Crippen molar-refractivity contribution in [1.29, 1.82) is 0 Å². The number of aromatic amines is 1. The number of hydrogen-bond acceptors (Lipinski definition) is 3. The molecule has 0 saturated heterocycles. The standard InChI is InChI=1S/C6H5N4O.W/c1-10-3-9-4-5(10)7-2-8-6(4)11;/h3H,1H3,(H,7,8,11);/q-1;. The quantitative estimate of drug-likeness (QED) is 0.659. The van der Waals surface area contributed by atoms with Crippen LogP contribution < -0.4 is 5.56 Å². The smallest absolute Gasteiger partial charge is 0.163 e. The third-order valence-electron chi connectivity index (χ3n) is 1.45. The molecular formula is C6H5N4OW-. The predicted octanol–water partition coefficient (Wildman–Crippen LogP) is -0.546. The van der Waals surface area contributed by atoms with Crippen molar-refractivity contribution in [2.45, 2.75) is 0 Å². The van der Waals surface area contributed by atoms with Crippen molar-refractivity contribution in [2.24, 2.45) is 7.05 Å². The second kappa shape index (κ2) is 3.19. The third-order valence-corrected chi connectivity index (χ3v) is 1.45. The Kier molecular flexibility index (Phi) is 2.43. The third kappa shape index (κ3) is 1.20. The van der Waals surface area contributed by atoms with E-state index in [1.165, 1.54) is 0 Å². The molecular weight excluding hydrogens is 328 g/mol. The molecule has 12 heavy (non-hydrogen) atoms. The average Bonchev–Trinajstić information content (AvgIpc) is 2.35. The van der Waals surface area contributed by atoms with Gasteiger partial charge in [0.2, 0.25) is 0 Å². The van der Waals surface area contributed by atoms with Gasteiger partial charge >= 0.3 is 0 Å². The Morgan fingerprint density at radius 1 is 1.67 bits per heavy atom. The minimum absolute atomic E-state index is 0. The summed E-state index contributed by atoms with van der Waals surface area (Å²) in [6, 6.07) is 0. The maximum absolute atomic E-state index is 11.0. The molecule has 0 atom stereocenters. The fourth-order valence-corrected chi connectivity index (χ4v) is 0.907. The monoisotopic (exact) mass is 333 g/mol. The van der Waals surface area contributed by atoms with Crippen LogP contribution in [0.25, 0.3) is 11.2 Å². The number of aromatic nitrogens is 4. The van der Waals surface area contributed by atoms with Crippen LogP contribution in [0, 0.1) is 6.33 Å². The van der Waals surface area contributed by atoms with Crippen LogP contribution in [0.3, 0.4) is 0 Å². The molecule has 1 N–H and O–H groups in total. The fraction of sp³-hybridized carbons (Fsp3) is 0.167. The van der Waals surface area contributed by atoms with Crippen molar-refractivity contribution < 1.29 is 21.1 Å². The largest absolute Gasteiger partial charge is 0.419 e. The number of rotatable bonds is 0. The molecule has 62 valence electrons. The van der Waals surface area contributed by atoms with Gasteiger partial charge in [-0.05, 0) is 0 Å². The normalized spacial score (nSPS) is 9.75. The number of nitrogens with one attached hydrogen (secondary N) is 1. The molecule has 2 aromatic rings. The Bertz CT molecular complexity index is 446. The van der Waals surface area contributed by atoms with E-state index in [2.05, 4.69) is 21.3 Å². The van der Waals surface area contributed by atoms with Crippen LogP contribution in [-0.4, -0.2) is 19.5 Å². The zero-order chi connectivity index (χ0) is 7.84. The van der Waals surface area contributed by atoms with E-state index in [-0.39, 0.29) is 26.6 Å². The Morgan fingerprint density at radius 2 is 2.42 bits per heavy atom. The second-order valence-electron chi connectivity index (χ2n) is 2.21. The summed E-state index contributed by atoms with van der Waals surface area (Å²) in [4.78, 5) is 21.0. The van der Waals surface area contributed by atoms with Crippen LogP contribution in [0.1, 0.15) is 0 Å². The van der Waals surface area contributed by atoms with Crippen molar-refractivity contribution in [3.8, 4) is 0 Å². The maximum Gasteiger partial charge on any atom is 0.163 e. The van der Waals surface area contributed by atoms with Crippen LogP contribution >= 0.6 is 0 Å². The summed E-state index contributed by atoms with van der Waals surface area (Å²) < 4.78 is 1.67. The molecule has 0 unspecified atom stereocenters. The minimum Gasteiger partial charge on any atom is -0.419 e. The van der Waals surface area contributed by atoms with Crippen molar-refractivity contribution >= 4 is 11.2 Å². The van der Waals surface area contributed by atoms with E-state index in [1.807, 2.05) is 0 Å². The number of imidazole rings is 1. The Hall–Kier alpha value is -0.962. The zero-order valence-electron chi connectivity index (χ0n) is 6.24. The zero-order valence-corrected chi connectivity index (χ0v) is 9.17. The summed E-state index contributed by atoms with van der Waals surface area (Å²) in [6.45, 7) is 0. The summed E-state index contributed by atoms with van der Waals surface area (Å²) in [6.07, 6.45) is 3.92. The van der Waals surface area contributed by atoms with Crippen LogP contribution in [0.5, 0.6) is 0 Å². The summed E-state index contributed by atoms with van der Waals surface area (Å²) >= 11 is 0. The molecule has 2 aromatic heterocycles. The molecule has 0 aliphatic heterocycles. The molecule has 2 heterocycles. The van der Waals surface area contributed by atoms with Crippen molar-refractivity contribution in [3.05, 3.63) is 23.0 Å². The first-order valence-electron chi connectivity index (χ1n) is 3.06. The topological polar surface area (TPSA) is 63.6 Å². The summed E-state index contributed by atoms with van der Waals surface area (Å²) in [5.41, 5.74) is 0.649. The van der Waals surface area contributed by atoms with Gasteiger partial charge in [0.1, 0.15) is 0 Å². The van der Waals surface area contributed by atoms with Gasteiger partial charge in [-0.15, -0.1) is 0 Å². The molecule has 0 fully saturated rings. The summed E-state index contributed by atoms with van der Waals surface area (Å²) in [7, 11) is 1.77. The SMILES string of the molecule is Cn1cnc2c(=O)[nH][c-]nc21.[W]. The van der Waals surface area contributed by atoms with Crippen molar-refractivity contribution in [2.75, 3.05) is 0 Å². The molecule has 0 amide bonds. The van der Waals surface area contributed by atoms with E-state index in [0.29, 0.717) is 11.2 Å². The Morgan fingerprint density at radius 3 is 3.08 bits per heavy atom. The van der Waals surface area contributed by atoms with Gasteiger partial charge in [-0.1, -0.05) is 0 Å². The van der Waals surface area contributed by atoms with Gasteiger partial charge < -0.3 is 19.3 Å². The average molecular weight is 333 g/mol. The van der Waals surface area contributed by atoms with Crippen molar-refractivity contribution in [3.63, 3.8) is 0 Å². The number of nitrogens with zero attached hydrogens (tertiary/aromatic N) is 3. The summed E-state index contributed by atoms with van der Waals surface area (Å²) in [5, 5.41) is 0. The molecule has 2 rings (SSSR count).